The van der Waals surface area contributed by atoms with E-state index in [1.54, 1.807) is 0 Å². The summed E-state index contributed by atoms with van der Waals surface area (Å²) in [5.41, 5.74) is -0.687. The standard InChI is InChI=1S/C8H8BF3NO/c10-9(11,12)6-1-4-8(13-5-6)14-7-2-3-7/h1,4-5,7H,2-3H2/q-1. The molecule has 2 nitrogen and oxygen atoms in total. The molecule has 14 heavy (non-hydrogen) atoms. The Morgan fingerprint density at radius 1 is 1.29 bits per heavy atom. The van der Waals surface area contributed by atoms with Crippen LogP contribution in [0.3, 0.4) is 0 Å². The third-order valence-electron chi connectivity index (χ3n) is 1.95. The van der Waals surface area contributed by atoms with Crippen LogP contribution in [0.5, 0.6) is 5.88 Å². The zero-order chi connectivity index (χ0) is 10.2. The van der Waals surface area contributed by atoms with E-state index in [1.807, 2.05) is 0 Å². The van der Waals surface area contributed by atoms with Crippen molar-refractivity contribution in [2.24, 2.45) is 0 Å². The Hall–Kier alpha value is -1.20. The van der Waals surface area contributed by atoms with Crippen molar-refractivity contribution in [3.05, 3.63) is 18.3 Å². The fraction of sp³-hybridized carbons (Fsp3) is 0.375. The highest BCUT2D eigenvalue weighted by Gasteiger charge is 2.27. The number of nitrogens with zero attached hydrogens (tertiary/aromatic N) is 1. The van der Waals surface area contributed by atoms with Gasteiger partial charge >= 0.3 is 6.98 Å². The lowest BCUT2D eigenvalue weighted by Gasteiger charge is -2.14. The molecule has 0 radical (unpaired) electrons. The van der Waals surface area contributed by atoms with Gasteiger partial charge in [0.1, 0.15) is 6.10 Å². The van der Waals surface area contributed by atoms with Crippen LogP contribution in [0.4, 0.5) is 12.9 Å². The summed E-state index contributed by atoms with van der Waals surface area (Å²) in [6, 6.07) is 2.27. The molecular formula is C8H8BF3NO-. The Kier molecular flexibility index (Phi) is 2.13. The Labute approximate surface area is 79.2 Å². The molecule has 0 spiro atoms. The van der Waals surface area contributed by atoms with Crippen LogP contribution >= 0.6 is 0 Å². The highest BCUT2D eigenvalue weighted by molar-refractivity contribution is 6.73. The van der Waals surface area contributed by atoms with E-state index in [0.717, 1.165) is 25.1 Å². The summed E-state index contributed by atoms with van der Waals surface area (Å²) in [6.07, 6.45) is 2.90. The van der Waals surface area contributed by atoms with Gasteiger partial charge in [0, 0.05) is 6.20 Å². The monoisotopic (exact) mass is 202 g/mol. The first kappa shape index (κ1) is 9.36. The van der Waals surface area contributed by atoms with Gasteiger partial charge in [-0.1, -0.05) is 11.5 Å². The lowest BCUT2D eigenvalue weighted by atomic mass is 9.82. The summed E-state index contributed by atoms with van der Waals surface area (Å²) in [6.45, 7) is -4.94. The molecule has 1 aliphatic carbocycles. The smallest absolute Gasteiger partial charge is 0.474 e. The normalized spacial score (nSPS) is 16.8. The minimum atomic E-state index is -4.94. The molecule has 1 fully saturated rings. The maximum Gasteiger partial charge on any atom is 0.511 e. The van der Waals surface area contributed by atoms with Crippen molar-refractivity contribution >= 4 is 12.4 Å². The van der Waals surface area contributed by atoms with Gasteiger partial charge in [0.2, 0.25) is 5.88 Å². The molecule has 0 atom stereocenters. The zero-order valence-corrected chi connectivity index (χ0v) is 7.29. The number of hydrogen-bond acceptors (Lipinski definition) is 2. The van der Waals surface area contributed by atoms with Gasteiger partial charge in [-0.25, -0.2) is 4.98 Å². The molecule has 76 valence electrons. The number of pyridine rings is 1. The van der Waals surface area contributed by atoms with Crippen molar-refractivity contribution in [2.75, 3.05) is 0 Å². The molecule has 0 aromatic carbocycles. The maximum atomic E-state index is 12.2. The van der Waals surface area contributed by atoms with E-state index in [4.69, 9.17) is 4.74 Å². The first-order chi connectivity index (χ1) is 6.55. The first-order valence-electron chi connectivity index (χ1n) is 4.38. The Morgan fingerprint density at radius 3 is 2.43 bits per heavy atom. The fourth-order valence-electron chi connectivity index (χ4n) is 1.01. The van der Waals surface area contributed by atoms with Crippen molar-refractivity contribution in [3.63, 3.8) is 0 Å². The van der Waals surface area contributed by atoms with Crippen LogP contribution in [0.2, 0.25) is 0 Å². The molecule has 1 aliphatic rings. The molecule has 1 aromatic rings. The molecular weight excluding hydrogens is 194 g/mol. The van der Waals surface area contributed by atoms with Gasteiger partial charge in [-0.3, -0.25) is 0 Å². The van der Waals surface area contributed by atoms with Gasteiger partial charge in [0.05, 0.1) is 0 Å². The minimum absolute atomic E-state index is 0.157. The predicted octanol–water partition coefficient (Wildman–Crippen LogP) is 1.68. The molecule has 0 aliphatic heterocycles. The first-order valence-corrected chi connectivity index (χ1v) is 4.38. The Morgan fingerprint density at radius 2 is 2.00 bits per heavy atom. The summed E-state index contributed by atoms with van der Waals surface area (Å²) >= 11 is 0. The average molecular weight is 202 g/mol. The molecule has 0 unspecified atom stereocenters. The third kappa shape index (κ3) is 2.18. The Bertz CT molecular complexity index is 320. The summed E-state index contributed by atoms with van der Waals surface area (Å²) < 4.78 is 41.7. The molecule has 6 heteroatoms. The predicted molar refractivity (Wildman–Crippen MR) is 46.6 cm³/mol. The second kappa shape index (κ2) is 3.18. The van der Waals surface area contributed by atoms with Crippen molar-refractivity contribution in [1.82, 2.24) is 4.98 Å². The van der Waals surface area contributed by atoms with Crippen LogP contribution in [0.1, 0.15) is 12.8 Å². The fourth-order valence-corrected chi connectivity index (χ4v) is 1.01. The van der Waals surface area contributed by atoms with Gasteiger partial charge < -0.3 is 17.7 Å². The van der Waals surface area contributed by atoms with E-state index < -0.39 is 12.4 Å². The summed E-state index contributed by atoms with van der Waals surface area (Å²) in [5, 5.41) is 0. The zero-order valence-electron chi connectivity index (χ0n) is 7.29. The van der Waals surface area contributed by atoms with Crippen molar-refractivity contribution in [1.29, 1.82) is 0 Å². The largest absolute Gasteiger partial charge is 0.511 e. The van der Waals surface area contributed by atoms with E-state index in [0.29, 0.717) is 0 Å². The quantitative estimate of drug-likeness (QED) is 0.695. The molecule has 1 saturated carbocycles. The van der Waals surface area contributed by atoms with Crippen molar-refractivity contribution < 1.29 is 17.7 Å². The number of rotatable bonds is 3. The van der Waals surface area contributed by atoms with Crippen LogP contribution in [0.25, 0.3) is 0 Å². The molecule has 1 heterocycles. The van der Waals surface area contributed by atoms with Crippen LogP contribution in [-0.2, 0) is 0 Å². The van der Waals surface area contributed by atoms with E-state index in [2.05, 4.69) is 4.98 Å². The SMILES string of the molecule is F[B-](F)(F)c1ccc(OC2CC2)nc1. The lowest BCUT2D eigenvalue weighted by Crippen LogP contribution is -2.34. The Balaban J connectivity index is 2.08. The highest BCUT2D eigenvalue weighted by atomic mass is 19.4. The number of hydrogen-bond donors (Lipinski definition) is 0. The highest BCUT2D eigenvalue weighted by Crippen LogP contribution is 2.25. The lowest BCUT2D eigenvalue weighted by molar-refractivity contribution is 0.291. The van der Waals surface area contributed by atoms with Crippen LogP contribution in [0.15, 0.2) is 18.3 Å². The summed E-state index contributed by atoms with van der Waals surface area (Å²) in [4.78, 5) is 3.60. The molecule has 0 amide bonds. The average Bonchev–Trinajstić information content (AvgIpc) is 2.88. The second-order valence-corrected chi connectivity index (χ2v) is 3.32. The van der Waals surface area contributed by atoms with Crippen molar-refractivity contribution in [3.8, 4) is 5.88 Å². The molecule has 0 N–H and O–H groups in total. The van der Waals surface area contributed by atoms with Crippen LogP contribution < -0.4 is 10.2 Å². The maximum absolute atomic E-state index is 12.2. The number of ether oxygens (including phenoxy) is 1. The van der Waals surface area contributed by atoms with Gasteiger partial charge in [-0.15, -0.1) is 0 Å². The van der Waals surface area contributed by atoms with Gasteiger partial charge in [-0.2, -0.15) is 0 Å². The molecule has 2 rings (SSSR count). The van der Waals surface area contributed by atoms with E-state index in [9.17, 15) is 12.9 Å². The summed E-state index contributed by atoms with van der Waals surface area (Å²) in [5.74, 6) is 0.274. The minimum Gasteiger partial charge on any atom is -0.474 e. The molecule has 0 bridgehead atoms. The van der Waals surface area contributed by atoms with E-state index >= 15 is 0 Å². The second-order valence-electron chi connectivity index (χ2n) is 3.32. The topological polar surface area (TPSA) is 22.1 Å². The van der Waals surface area contributed by atoms with Gasteiger partial charge in [0.25, 0.3) is 0 Å². The van der Waals surface area contributed by atoms with Gasteiger partial charge in [0.15, 0.2) is 0 Å². The number of aromatic nitrogens is 1. The molecule has 0 saturated heterocycles. The van der Waals surface area contributed by atoms with Gasteiger partial charge in [-0.05, 0) is 18.9 Å². The molecule has 1 aromatic heterocycles. The van der Waals surface area contributed by atoms with Crippen LogP contribution in [0, 0.1) is 0 Å². The van der Waals surface area contributed by atoms with Crippen LogP contribution in [-0.4, -0.2) is 18.1 Å². The summed E-state index contributed by atoms with van der Waals surface area (Å²) in [7, 11) is 0. The third-order valence-corrected chi connectivity index (χ3v) is 1.95. The van der Waals surface area contributed by atoms with E-state index in [-0.39, 0.29) is 12.0 Å². The number of halogens is 3. The van der Waals surface area contributed by atoms with Crippen molar-refractivity contribution in [2.45, 2.75) is 18.9 Å². The van der Waals surface area contributed by atoms with E-state index in [1.165, 1.54) is 6.07 Å².